The molecular weight excluding hydrogens is 524 g/mol. The van der Waals surface area contributed by atoms with Crippen LogP contribution in [-0.4, -0.2) is 72.1 Å². The van der Waals surface area contributed by atoms with E-state index in [2.05, 4.69) is 0 Å². The van der Waals surface area contributed by atoms with Crippen LogP contribution in [-0.2, 0) is 19.6 Å². The van der Waals surface area contributed by atoms with Gasteiger partial charge in [0.25, 0.3) is 10.0 Å². The van der Waals surface area contributed by atoms with Gasteiger partial charge in [0.15, 0.2) is 11.6 Å². The first-order valence-electron chi connectivity index (χ1n) is 12.5. The van der Waals surface area contributed by atoms with Crippen LogP contribution in [0.4, 0.5) is 8.78 Å². The van der Waals surface area contributed by atoms with E-state index in [0.29, 0.717) is 0 Å². The Kier molecular flexibility index (Phi) is 6.63. The first-order chi connectivity index (χ1) is 17.4. The molecule has 2 heterocycles. The molecule has 11 heteroatoms. The Balaban J connectivity index is 1.58. The molecule has 5 rings (SSSR count). The summed E-state index contributed by atoms with van der Waals surface area (Å²) >= 11 is 1.07. The number of aliphatic hydroxyl groups excluding tert-OH is 2. The second kappa shape index (κ2) is 9.15. The van der Waals surface area contributed by atoms with E-state index in [9.17, 15) is 28.2 Å². The van der Waals surface area contributed by atoms with E-state index in [-0.39, 0.29) is 43.0 Å². The van der Waals surface area contributed by atoms with Gasteiger partial charge in [-0.2, -0.15) is 4.31 Å². The highest BCUT2D eigenvalue weighted by atomic mass is 32.2. The maximum Gasteiger partial charge on any atom is 0.252 e. The molecular formula is C26H31F2NO6S2. The molecule has 202 valence electrons. The number of allylic oxidation sites excluding steroid dienone is 4. The smallest absolute Gasteiger partial charge is 0.252 e. The predicted octanol–water partition coefficient (Wildman–Crippen LogP) is 2.85. The van der Waals surface area contributed by atoms with Crippen LogP contribution >= 0.6 is 11.3 Å². The van der Waals surface area contributed by atoms with Crippen LogP contribution in [0.1, 0.15) is 32.6 Å². The number of aliphatic hydroxyl groups is 2. The first kappa shape index (κ1) is 26.8. The van der Waals surface area contributed by atoms with Gasteiger partial charge in [0, 0.05) is 25.4 Å². The highest BCUT2D eigenvalue weighted by Crippen LogP contribution is 2.71. The van der Waals surface area contributed by atoms with Crippen LogP contribution < -0.4 is 0 Å². The van der Waals surface area contributed by atoms with Crippen molar-refractivity contribution in [1.82, 2.24) is 4.31 Å². The Morgan fingerprint density at radius 3 is 2.70 bits per heavy atom. The minimum Gasteiger partial charge on any atom is -0.390 e. The maximum atomic E-state index is 16.7. The fourth-order valence-corrected chi connectivity index (χ4v) is 10.5. The van der Waals surface area contributed by atoms with E-state index in [0.717, 1.165) is 23.5 Å². The lowest BCUT2D eigenvalue weighted by Crippen LogP contribution is -2.62. The van der Waals surface area contributed by atoms with E-state index in [4.69, 9.17) is 0 Å². The topological polar surface area (TPSA) is 112 Å². The number of carbonyl (C=O) groups excluding carboxylic acids is 2. The van der Waals surface area contributed by atoms with Crippen LogP contribution in [0.3, 0.4) is 0 Å². The number of carbonyl (C=O) groups is 2. The Bertz CT molecular complexity index is 1250. The molecule has 2 N–H and O–H groups in total. The zero-order chi connectivity index (χ0) is 26.8. The standard InChI is InChI=1S/C26H31F2NO6S2/c1-24-12-21(32)26(28)8-2-4-18(31)7-6-17(27)11-20(26)19(24)10-16-13-29(15-25(16,24)22(33)14-30)37(34,35)23-5-3-9-36-23/h2-7,9,16-17,19-21,30,32H,8,10-15H2,1H3. The summed E-state index contributed by atoms with van der Waals surface area (Å²) in [6.07, 6.45) is 1.10. The van der Waals surface area contributed by atoms with Gasteiger partial charge in [-0.25, -0.2) is 17.2 Å². The molecule has 3 aliphatic carbocycles. The molecule has 37 heavy (non-hydrogen) atoms. The number of halogens is 2. The maximum absolute atomic E-state index is 16.7. The number of hydrogen-bond acceptors (Lipinski definition) is 7. The van der Waals surface area contributed by atoms with Gasteiger partial charge < -0.3 is 10.2 Å². The van der Waals surface area contributed by atoms with Gasteiger partial charge in [-0.15, -0.1) is 11.3 Å². The largest absolute Gasteiger partial charge is 0.390 e. The zero-order valence-corrected chi connectivity index (χ0v) is 22.1. The second-order valence-corrected chi connectivity index (χ2v) is 14.2. The third kappa shape index (κ3) is 3.83. The Hall–Kier alpha value is -1.79. The predicted molar refractivity (Wildman–Crippen MR) is 133 cm³/mol. The highest BCUT2D eigenvalue weighted by Gasteiger charge is 2.75. The summed E-state index contributed by atoms with van der Waals surface area (Å²) in [7, 11) is -3.89. The third-order valence-electron chi connectivity index (χ3n) is 9.59. The number of alkyl halides is 2. The second-order valence-electron chi connectivity index (χ2n) is 11.1. The van der Waals surface area contributed by atoms with E-state index >= 15 is 8.78 Å². The summed E-state index contributed by atoms with van der Waals surface area (Å²) in [6.45, 7) is 0.785. The van der Waals surface area contributed by atoms with Gasteiger partial charge in [-0.05, 0) is 66.2 Å². The molecule has 1 saturated heterocycles. The molecule has 0 aromatic carbocycles. The Labute approximate surface area is 218 Å². The van der Waals surface area contributed by atoms with Crippen molar-refractivity contribution in [2.75, 3.05) is 19.7 Å². The van der Waals surface area contributed by atoms with Crippen LogP contribution in [0.15, 0.2) is 46.0 Å². The summed E-state index contributed by atoms with van der Waals surface area (Å²) in [5.41, 5.74) is -4.65. The number of Topliss-reactive ketones (excluding diaryl/α,β-unsaturated/α-hetero) is 1. The molecule has 0 bridgehead atoms. The number of ketones is 2. The van der Waals surface area contributed by atoms with Gasteiger partial charge in [0.1, 0.15) is 22.7 Å². The van der Waals surface area contributed by atoms with Crippen LogP contribution in [0.5, 0.6) is 0 Å². The van der Waals surface area contributed by atoms with E-state index < -0.39 is 74.7 Å². The van der Waals surface area contributed by atoms with Crippen molar-refractivity contribution in [3.8, 4) is 0 Å². The molecule has 8 unspecified atom stereocenters. The number of hydrogen-bond donors (Lipinski definition) is 2. The third-order valence-corrected chi connectivity index (χ3v) is 12.8. The van der Waals surface area contributed by atoms with E-state index in [1.54, 1.807) is 18.4 Å². The average molecular weight is 556 g/mol. The lowest BCUT2D eigenvalue weighted by molar-refractivity contribution is -0.176. The Morgan fingerprint density at radius 2 is 2.03 bits per heavy atom. The van der Waals surface area contributed by atoms with Crippen molar-refractivity contribution >= 4 is 32.9 Å². The normalized spacial score (nSPS) is 42.3. The molecule has 0 spiro atoms. The van der Waals surface area contributed by atoms with Gasteiger partial charge in [-0.1, -0.05) is 19.1 Å². The molecule has 2 saturated carbocycles. The van der Waals surface area contributed by atoms with Crippen LogP contribution in [0, 0.1) is 28.6 Å². The highest BCUT2D eigenvalue weighted by molar-refractivity contribution is 7.91. The van der Waals surface area contributed by atoms with Crippen molar-refractivity contribution in [1.29, 1.82) is 0 Å². The lowest BCUT2D eigenvalue weighted by Gasteiger charge is -2.56. The minimum absolute atomic E-state index is 0.0214. The summed E-state index contributed by atoms with van der Waals surface area (Å²) in [6, 6.07) is 3.12. The first-order valence-corrected chi connectivity index (χ1v) is 14.8. The van der Waals surface area contributed by atoms with E-state index in [1.807, 2.05) is 0 Å². The molecule has 7 nitrogen and oxygen atoms in total. The van der Waals surface area contributed by atoms with Crippen LogP contribution in [0.25, 0.3) is 0 Å². The quantitative estimate of drug-likeness (QED) is 0.591. The Morgan fingerprint density at radius 1 is 1.27 bits per heavy atom. The molecule has 4 aliphatic rings. The average Bonchev–Trinajstić information content (AvgIpc) is 3.56. The van der Waals surface area contributed by atoms with E-state index in [1.165, 1.54) is 22.5 Å². The van der Waals surface area contributed by atoms with Gasteiger partial charge in [0.2, 0.25) is 0 Å². The van der Waals surface area contributed by atoms with Crippen molar-refractivity contribution in [3.05, 3.63) is 41.8 Å². The number of sulfonamides is 1. The van der Waals surface area contributed by atoms with Crippen molar-refractivity contribution in [3.63, 3.8) is 0 Å². The van der Waals surface area contributed by atoms with Crippen molar-refractivity contribution in [2.45, 2.75) is 54.8 Å². The van der Waals surface area contributed by atoms with Crippen LogP contribution in [0.2, 0.25) is 0 Å². The summed E-state index contributed by atoms with van der Waals surface area (Å²) in [5, 5.41) is 22.9. The SMILES string of the molecule is CC12CC(O)C3(F)CC=CC(=O)C=CC(F)CC3C1CC1CN(S(=O)(=O)c3cccs3)CC12C(=O)CO. The molecule has 0 radical (unpaired) electrons. The molecule has 1 aromatic rings. The zero-order valence-electron chi connectivity index (χ0n) is 20.4. The molecule has 8 atom stereocenters. The van der Waals surface area contributed by atoms with Crippen molar-refractivity contribution in [2.24, 2.45) is 28.6 Å². The minimum atomic E-state index is -3.89. The summed E-state index contributed by atoms with van der Waals surface area (Å²) < 4.78 is 59.9. The number of nitrogens with zero attached hydrogens (tertiary/aromatic N) is 1. The molecule has 1 aliphatic heterocycles. The number of fused-ring (bicyclic) bond motifs is 5. The fraction of sp³-hybridized carbons (Fsp3) is 0.615. The fourth-order valence-electron chi connectivity index (χ4n) is 7.86. The molecule has 0 amide bonds. The van der Waals surface area contributed by atoms with Crippen molar-refractivity contribution < 1.29 is 37.0 Å². The number of rotatable bonds is 4. The summed E-state index contributed by atoms with van der Waals surface area (Å²) in [4.78, 5) is 25.4. The van der Waals surface area contributed by atoms with Gasteiger partial charge in [-0.3, -0.25) is 9.59 Å². The van der Waals surface area contributed by atoms with Gasteiger partial charge in [0.05, 0.1) is 11.5 Å². The molecule has 3 fully saturated rings. The summed E-state index contributed by atoms with van der Waals surface area (Å²) in [5.74, 6) is -3.03. The van der Waals surface area contributed by atoms with Gasteiger partial charge >= 0.3 is 0 Å². The number of thiophene rings is 1. The lowest BCUT2D eigenvalue weighted by atomic mass is 9.49. The molecule has 1 aromatic heterocycles. The monoisotopic (exact) mass is 555 g/mol.